The number of nitrogens with one attached hydrogen (secondary N) is 3. The number of benzene rings is 2. The number of rotatable bonds is 17. The Morgan fingerprint density at radius 3 is 2.29 bits per heavy atom. The molecule has 0 aliphatic carbocycles. The van der Waals surface area contributed by atoms with Gasteiger partial charge in [-0.3, -0.25) is 14.6 Å². The molecule has 0 aliphatic heterocycles. The highest BCUT2D eigenvalue weighted by Crippen LogP contribution is 2.33. The Morgan fingerprint density at radius 2 is 1.59 bits per heavy atom. The summed E-state index contributed by atoms with van der Waals surface area (Å²) in [5.74, 6) is -0.204. The summed E-state index contributed by atoms with van der Waals surface area (Å²) in [6.07, 6.45) is 16.4. The highest BCUT2D eigenvalue weighted by Gasteiger charge is 2.14. The van der Waals surface area contributed by atoms with Crippen molar-refractivity contribution in [2.75, 3.05) is 12.4 Å². The summed E-state index contributed by atoms with van der Waals surface area (Å²) in [6.45, 7) is 2.23. The maximum absolute atomic E-state index is 13.0. The fraction of sp³-hybridized carbons (Fsp3) is 0.353. The molecule has 41 heavy (non-hydrogen) atoms. The molecule has 0 saturated heterocycles. The second-order valence-corrected chi connectivity index (χ2v) is 11.1. The minimum Gasteiger partial charge on any atom is -0.355 e. The molecule has 0 unspecified atom stereocenters. The largest absolute Gasteiger partial charge is 0.355 e. The van der Waals surface area contributed by atoms with Crippen LogP contribution in [0.2, 0.25) is 0 Å². The molecule has 0 bridgehead atoms. The quantitative estimate of drug-likeness (QED) is 0.112. The van der Waals surface area contributed by atoms with Crippen LogP contribution in [-0.4, -0.2) is 29.6 Å². The van der Waals surface area contributed by atoms with Gasteiger partial charge >= 0.3 is 0 Å². The first-order valence-corrected chi connectivity index (χ1v) is 15.4. The van der Waals surface area contributed by atoms with Crippen LogP contribution in [0.3, 0.4) is 0 Å². The van der Waals surface area contributed by atoms with Gasteiger partial charge in [-0.15, -0.1) is 0 Å². The topological polar surface area (TPSA) is 94.9 Å². The van der Waals surface area contributed by atoms with E-state index in [-0.39, 0.29) is 17.5 Å². The molecule has 0 spiro atoms. The molecule has 3 rings (SSSR count). The van der Waals surface area contributed by atoms with Crippen LogP contribution in [0.1, 0.15) is 92.7 Å². The molecule has 0 atom stereocenters. The van der Waals surface area contributed by atoms with Crippen molar-refractivity contribution in [2.45, 2.75) is 80.9 Å². The average molecular weight is 571 g/mol. The van der Waals surface area contributed by atoms with Gasteiger partial charge in [-0.2, -0.15) is 0 Å². The number of anilines is 1. The Kier molecular flexibility index (Phi) is 13.9. The summed E-state index contributed by atoms with van der Waals surface area (Å²) < 4.78 is 0. The maximum Gasteiger partial charge on any atom is 0.252 e. The fourth-order valence-electron chi connectivity index (χ4n) is 4.47. The van der Waals surface area contributed by atoms with Crippen LogP contribution in [0, 0.1) is 5.41 Å². The normalized spacial score (nSPS) is 11.0. The molecule has 1 aromatic heterocycles. The van der Waals surface area contributed by atoms with Gasteiger partial charge in [0.1, 0.15) is 0 Å². The average Bonchev–Trinajstić information content (AvgIpc) is 2.99. The van der Waals surface area contributed by atoms with Gasteiger partial charge in [0.05, 0.1) is 22.7 Å². The van der Waals surface area contributed by atoms with Gasteiger partial charge in [0, 0.05) is 35.0 Å². The molecular formula is C34H42N4O2S. The molecule has 0 fully saturated rings. The number of allylic oxidation sites excluding steroid dienone is 1. The van der Waals surface area contributed by atoms with Crippen LogP contribution in [0.5, 0.6) is 0 Å². The first-order valence-electron chi connectivity index (χ1n) is 14.6. The van der Waals surface area contributed by atoms with Gasteiger partial charge in [0.2, 0.25) is 5.91 Å². The number of amides is 2. The molecule has 2 aromatic carbocycles. The molecule has 7 heteroatoms. The Bertz CT molecular complexity index is 1310. The van der Waals surface area contributed by atoms with Crippen molar-refractivity contribution in [1.82, 2.24) is 10.3 Å². The van der Waals surface area contributed by atoms with Crippen molar-refractivity contribution in [3.63, 3.8) is 0 Å². The minimum absolute atomic E-state index is 0.0522. The predicted molar refractivity (Wildman–Crippen MR) is 171 cm³/mol. The fourth-order valence-corrected chi connectivity index (χ4v) is 5.46. The number of hydrogen-bond acceptors (Lipinski definition) is 5. The molecule has 0 aliphatic rings. The highest BCUT2D eigenvalue weighted by atomic mass is 32.2. The number of nitrogens with zero attached hydrogens (tertiary/aromatic N) is 1. The number of carbonyl (C=O) groups excluding carboxylic acids is 2. The van der Waals surface area contributed by atoms with Crippen LogP contribution in [-0.2, 0) is 4.79 Å². The standard InChI is InChI=1S/C34H42N4O2S/c1-3-4-5-6-7-8-9-10-11-19-33(39)38-31-25-27(41-32-18-13-12-17-29(32)34(40)36-2)21-22-28(31)30(35)23-20-26-16-14-15-24-37-26/h12-18,20-25,35H,3-11,19H2,1-2H3,(H,36,40)(H,38,39)/b23-20+,35-30?. The zero-order chi connectivity index (χ0) is 29.3. The summed E-state index contributed by atoms with van der Waals surface area (Å²) in [4.78, 5) is 31.3. The Hall–Kier alpha value is -3.71. The van der Waals surface area contributed by atoms with E-state index in [1.54, 1.807) is 31.5 Å². The van der Waals surface area contributed by atoms with E-state index in [2.05, 4.69) is 22.5 Å². The lowest BCUT2D eigenvalue weighted by Gasteiger charge is -2.14. The smallest absolute Gasteiger partial charge is 0.252 e. The van der Waals surface area contributed by atoms with E-state index in [0.717, 1.165) is 34.7 Å². The van der Waals surface area contributed by atoms with Crippen LogP contribution >= 0.6 is 11.8 Å². The van der Waals surface area contributed by atoms with E-state index in [0.29, 0.717) is 23.2 Å². The Labute approximate surface area is 249 Å². The van der Waals surface area contributed by atoms with Crippen LogP contribution in [0.25, 0.3) is 6.08 Å². The third-order valence-corrected chi connectivity index (χ3v) is 7.82. The number of pyridine rings is 1. The summed E-state index contributed by atoms with van der Waals surface area (Å²) in [6, 6.07) is 18.7. The van der Waals surface area contributed by atoms with E-state index in [9.17, 15) is 9.59 Å². The third-order valence-electron chi connectivity index (χ3n) is 6.76. The SMILES string of the molecule is CCCCCCCCCCCC(=O)Nc1cc(Sc2ccccc2C(=O)NC)ccc1C(=N)/C=C/c1ccccn1. The van der Waals surface area contributed by atoms with Crippen molar-refractivity contribution >= 4 is 41.1 Å². The molecule has 6 nitrogen and oxygen atoms in total. The van der Waals surface area contributed by atoms with Gasteiger partial charge in [-0.1, -0.05) is 88.3 Å². The molecule has 216 valence electrons. The van der Waals surface area contributed by atoms with E-state index in [1.165, 1.54) is 50.3 Å². The monoisotopic (exact) mass is 570 g/mol. The Morgan fingerprint density at radius 1 is 0.878 bits per heavy atom. The minimum atomic E-state index is -0.152. The van der Waals surface area contributed by atoms with Crippen molar-refractivity contribution in [3.05, 3.63) is 89.8 Å². The molecular weight excluding hydrogens is 528 g/mol. The molecule has 2 amide bonds. The number of carbonyl (C=O) groups is 2. The van der Waals surface area contributed by atoms with Crippen LogP contribution in [0.15, 0.2) is 82.7 Å². The molecule has 1 heterocycles. The zero-order valence-corrected chi connectivity index (χ0v) is 25.1. The van der Waals surface area contributed by atoms with Gasteiger partial charge in [-0.25, -0.2) is 0 Å². The lowest BCUT2D eigenvalue weighted by molar-refractivity contribution is -0.116. The summed E-state index contributed by atoms with van der Waals surface area (Å²) in [7, 11) is 1.61. The second kappa shape index (κ2) is 17.9. The summed E-state index contributed by atoms with van der Waals surface area (Å²) in [5, 5.41) is 14.5. The molecule has 0 saturated carbocycles. The summed E-state index contributed by atoms with van der Waals surface area (Å²) in [5.41, 5.74) is 2.83. The van der Waals surface area contributed by atoms with Crippen molar-refractivity contribution in [1.29, 1.82) is 5.41 Å². The zero-order valence-electron chi connectivity index (χ0n) is 24.2. The Balaban J connectivity index is 1.70. The van der Waals surface area contributed by atoms with Crippen molar-refractivity contribution < 1.29 is 9.59 Å². The first kappa shape index (κ1) is 31.8. The van der Waals surface area contributed by atoms with Gasteiger partial charge in [0.25, 0.3) is 5.91 Å². The van der Waals surface area contributed by atoms with Gasteiger partial charge < -0.3 is 16.0 Å². The number of hydrogen-bond donors (Lipinski definition) is 3. The lowest BCUT2D eigenvalue weighted by atomic mass is 10.1. The number of aromatic nitrogens is 1. The van der Waals surface area contributed by atoms with E-state index in [4.69, 9.17) is 5.41 Å². The molecule has 3 N–H and O–H groups in total. The lowest BCUT2D eigenvalue weighted by Crippen LogP contribution is -2.18. The third kappa shape index (κ3) is 11.0. The van der Waals surface area contributed by atoms with Crippen LogP contribution < -0.4 is 10.6 Å². The van der Waals surface area contributed by atoms with Gasteiger partial charge in [-0.05, 0) is 61.0 Å². The second-order valence-electron chi connectivity index (χ2n) is 10.0. The van der Waals surface area contributed by atoms with Crippen molar-refractivity contribution in [3.8, 4) is 0 Å². The highest BCUT2D eigenvalue weighted by molar-refractivity contribution is 7.99. The molecule has 0 radical (unpaired) electrons. The number of unbranched alkanes of at least 4 members (excludes halogenated alkanes) is 8. The maximum atomic E-state index is 13.0. The molecule has 3 aromatic rings. The van der Waals surface area contributed by atoms with Gasteiger partial charge in [0.15, 0.2) is 0 Å². The van der Waals surface area contributed by atoms with Crippen LogP contribution in [0.4, 0.5) is 5.69 Å². The summed E-state index contributed by atoms with van der Waals surface area (Å²) >= 11 is 1.45. The van der Waals surface area contributed by atoms with Crippen molar-refractivity contribution in [2.24, 2.45) is 0 Å². The van der Waals surface area contributed by atoms with E-state index >= 15 is 0 Å². The first-order chi connectivity index (χ1) is 20.0. The van der Waals surface area contributed by atoms with E-state index < -0.39 is 0 Å². The predicted octanol–water partition coefficient (Wildman–Crippen LogP) is 8.53. The van der Waals surface area contributed by atoms with E-state index in [1.807, 2.05) is 54.6 Å².